The van der Waals surface area contributed by atoms with Crippen molar-refractivity contribution < 1.29 is 18.3 Å². The number of rotatable bonds is 1. The first kappa shape index (κ1) is 15.5. The summed E-state index contributed by atoms with van der Waals surface area (Å²) in [6.07, 6.45) is -3.69. The van der Waals surface area contributed by atoms with Crippen LogP contribution in [0.3, 0.4) is 0 Å². The van der Waals surface area contributed by atoms with Crippen LogP contribution in [-0.2, 0) is 18.3 Å². The standard InChI is InChI=1S/C17H13F3N2OS/c18-17(19,20)12-5-3-9(4-6-12)10-1-2-11-8-14-16(23,13(11)7-10)22-15(21)24-14/h1-7,14,23H,8H2,(H2,21,22). The van der Waals surface area contributed by atoms with E-state index < -0.39 is 17.5 Å². The third-order valence-corrected chi connectivity index (χ3v) is 5.56. The molecule has 2 aliphatic rings. The lowest BCUT2D eigenvalue weighted by Crippen LogP contribution is -2.27. The van der Waals surface area contributed by atoms with Crippen LogP contribution >= 0.6 is 11.8 Å². The van der Waals surface area contributed by atoms with Crippen molar-refractivity contribution >= 4 is 16.9 Å². The summed E-state index contributed by atoms with van der Waals surface area (Å²) in [5.74, 6) is 0. The molecule has 2 atom stereocenters. The Kier molecular flexibility index (Phi) is 3.24. The molecule has 4 rings (SSSR count). The number of nitrogens with two attached hydrogens (primary N) is 1. The normalized spacial score (nSPS) is 25.3. The summed E-state index contributed by atoms with van der Waals surface area (Å²) >= 11 is 1.35. The van der Waals surface area contributed by atoms with Crippen molar-refractivity contribution in [2.45, 2.75) is 23.6 Å². The second-order valence-corrected chi connectivity index (χ2v) is 7.16. The lowest BCUT2D eigenvalue weighted by atomic mass is 9.97. The van der Waals surface area contributed by atoms with E-state index in [0.29, 0.717) is 22.7 Å². The Bertz CT molecular complexity index is 848. The van der Waals surface area contributed by atoms with E-state index in [1.54, 1.807) is 6.07 Å². The minimum Gasteiger partial charge on any atom is -0.378 e. The van der Waals surface area contributed by atoms with Gasteiger partial charge in [-0.05, 0) is 41.3 Å². The minimum absolute atomic E-state index is 0.143. The Balaban J connectivity index is 1.74. The van der Waals surface area contributed by atoms with Crippen LogP contribution in [0, 0.1) is 0 Å². The second-order valence-electron chi connectivity index (χ2n) is 5.93. The monoisotopic (exact) mass is 350 g/mol. The number of benzene rings is 2. The summed E-state index contributed by atoms with van der Waals surface area (Å²) < 4.78 is 38.0. The molecule has 0 bridgehead atoms. The zero-order valence-electron chi connectivity index (χ0n) is 12.3. The Morgan fingerprint density at radius 1 is 1.12 bits per heavy atom. The molecule has 124 valence electrons. The van der Waals surface area contributed by atoms with E-state index in [0.717, 1.165) is 23.3 Å². The molecule has 24 heavy (non-hydrogen) atoms. The first-order valence-electron chi connectivity index (χ1n) is 7.33. The number of aliphatic hydroxyl groups is 1. The molecular formula is C17H13F3N2OS. The van der Waals surface area contributed by atoms with E-state index in [9.17, 15) is 18.3 Å². The van der Waals surface area contributed by atoms with Gasteiger partial charge in [0, 0.05) is 5.56 Å². The molecule has 2 unspecified atom stereocenters. The van der Waals surface area contributed by atoms with Gasteiger partial charge in [0.25, 0.3) is 0 Å². The van der Waals surface area contributed by atoms with Crippen molar-refractivity contribution in [3.05, 3.63) is 59.2 Å². The molecule has 0 saturated heterocycles. The molecule has 3 N–H and O–H groups in total. The highest BCUT2D eigenvalue weighted by atomic mass is 32.2. The molecule has 0 fully saturated rings. The third kappa shape index (κ3) is 2.31. The Labute approximate surface area is 140 Å². The molecule has 7 heteroatoms. The first-order chi connectivity index (χ1) is 11.3. The number of nitrogens with zero attached hydrogens (tertiary/aromatic N) is 1. The predicted molar refractivity (Wildman–Crippen MR) is 87.5 cm³/mol. The molecule has 0 spiro atoms. The van der Waals surface area contributed by atoms with E-state index in [1.807, 2.05) is 12.1 Å². The summed E-state index contributed by atoms with van der Waals surface area (Å²) in [7, 11) is 0. The van der Waals surface area contributed by atoms with Gasteiger partial charge >= 0.3 is 6.18 Å². The quantitative estimate of drug-likeness (QED) is 0.828. The molecule has 0 saturated carbocycles. The van der Waals surface area contributed by atoms with Crippen LogP contribution < -0.4 is 5.73 Å². The van der Waals surface area contributed by atoms with E-state index >= 15 is 0 Å². The summed E-state index contributed by atoms with van der Waals surface area (Å²) in [5.41, 5.74) is 6.75. The van der Waals surface area contributed by atoms with Crippen LogP contribution in [0.15, 0.2) is 47.5 Å². The zero-order valence-corrected chi connectivity index (χ0v) is 13.2. The lowest BCUT2D eigenvalue weighted by molar-refractivity contribution is -0.137. The van der Waals surface area contributed by atoms with Gasteiger partial charge in [0.15, 0.2) is 10.9 Å². The average molecular weight is 350 g/mol. The Morgan fingerprint density at radius 2 is 1.79 bits per heavy atom. The van der Waals surface area contributed by atoms with Gasteiger partial charge in [-0.15, -0.1) is 0 Å². The molecular weight excluding hydrogens is 337 g/mol. The maximum absolute atomic E-state index is 12.7. The number of hydrogen-bond acceptors (Lipinski definition) is 4. The van der Waals surface area contributed by atoms with Crippen molar-refractivity contribution in [1.82, 2.24) is 0 Å². The number of alkyl halides is 3. The van der Waals surface area contributed by atoms with E-state index in [2.05, 4.69) is 4.99 Å². The van der Waals surface area contributed by atoms with Gasteiger partial charge < -0.3 is 10.8 Å². The van der Waals surface area contributed by atoms with Gasteiger partial charge in [-0.3, -0.25) is 0 Å². The van der Waals surface area contributed by atoms with Crippen molar-refractivity contribution in [2.24, 2.45) is 10.7 Å². The highest BCUT2D eigenvalue weighted by Gasteiger charge is 2.50. The fourth-order valence-corrected chi connectivity index (χ4v) is 4.33. The van der Waals surface area contributed by atoms with Crippen LogP contribution in [-0.4, -0.2) is 15.5 Å². The highest BCUT2D eigenvalue weighted by Crippen LogP contribution is 2.49. The van der Waals surface area contributed by atoms with Gasteiger partial charge in [-0.25, -0.2) is 4.99 Å². The van der Waals surface area contributed by atoms with Crippen LogP contribution in [0.4, 0.5) is 13.2 Å². The average Bonchev–Trinajstić information content (AvgIpc) is 2.95. The number of amidine groups is 1. The number of hydrogen-bond donors (Lipinski definition) is 2. The van der Waals surface area contributed by atoms with Gasteiger partial charge in [0.2, 0.25) is 0 Å². The van der Waals surface area contributed by atoms with Crippen molar-refractivity contribution in [1.29, 1.82) is 0 Å². The largest absolute Gasteiger partial charge is 0.416 e. The predicted octanol–water partition coefficient (Wildman–Crippen LogP) is 3.50. The molecule has 2 aromatic rings. The first-order valence-corrected chi connectivity index (χ1v) is 8.21. The fourth-order valence-electron chi connectivity index (χ4n) is 3.24. The SMILES string of the molecule is NC1=NC2(O)c3cc(-c4ccc(C(F)(F)F)cc4)ccc3CC2S1. The smallest absolute Gasteiger partial charge is 0.378 e. The van der Waals surface area contributed by atoms with E-state index in [1.165, 1.54) is 23.9 Å². The van der Waals surface area contributed by atoms with Crippen molar-refractivity contribution in [3.63, 3.8) is 0 Å². The maximum Gasteiger partial charge on any atom is 0.416 e. The van der Waals surface area contributed by atoms with Crippen molar-refractivity contribution in [2.75, 3.05) is 0 Å². The maximum atomic E-state index is 12.7. The lowest BCUT2D eigenvalue weighted by Gasteiger charge is -2.20. The third-order valence-electron chi connectivity index (χ3n) is 4.45. The molecule has 0 amide bonds. The van der Waals surface area contributed by atoms with E-state index in [-0.39, 0.29) is 5.25 Å². The van der Waals surface area contributed by atoms with Gasteiger partial charge in [-0.1, -0.05) is 36.0 Å². The van der Waals surface area contributed by atoms with Gasteiger partial charge in [0.05, 0.1) is 10.8 Å². The molecule has 3 nitrogen and oxygen atoms in total. The Morgan fingerprint density at radius 3 is 2.46 bits per heavy atom. The number of aliphatic imine (C=N–C) groups is 1. The van der Waals surface area contributed by atoms with Gasteiger partial charge in [0.1, 0.15) is 0 Å². The summed E-state index contributed by atoms with van der Waals surface area (Å²) in [6, 6.07) is 10.5. The Hall–Kier alpha value is -1.99. The molecule has 1 aliphatic carbocycles. The number of thioether (sulfide) groups is 1. The molecule has 1 aliphatic heterocycles. The summed E-state index contributed by atoms with van der Waals surface area (Å²) in [6.45, 7) is 0. The molecule has 1 heterocycles. The molecule has 0 radical (unpaired) electrons. The summed E-state index contributed by atoms with van der Waals surface area (Å²) in [4.78, 5) is 4.17. The zero-order chi connectivity index (χ0) is 17.1. The highest BCUT2D eigenvalue weighted by molar-refractivity contribution is 8.14. The number of fused-ring (bicyclic) bond motifs is 3. The second kappa shape index (κ2) is 5.00. The molecule has 0 aromatic heterocycles. The van der Waals surface area contributed by atoms with Gasteiger partial charge in [-0.2, -0.15) is 13.2 Å². The topological polar surface area (TPSA) is 58.6 Å². The van der Waals surface area contributed by atoms with Crippen molar-refractivity contribution in [3.8, 4) is 11.1 Å². The van der Waals surface area contributed by atoms with E-state index in [4.69, 9.17) is 5.73 Å². The summed E-state index contributed by atoms with van der Waals surface area (Å²) in [5, 5.41) is 11.1. The molecule has 2 aromatic carbocycles. The van der Waals surface area contributed by atoms with Crippen LogP contribution in [0.2, 0.25) is 0 Å². The fraction of sp³-hybridized carbons (Fsp3) is 0.235. The van der Waals surface area contributed by atoms with Crippen LogP contribution in [0.1, 0.15) is 16.7 Å². The van der Waals surface area contributed by atoms with Crippen LogP contribution in [0.25, 0.3) is 11.1 Å². The minimum atomic E-state index is -4.36. The van der Waals surface area contributed by atoms with Crippen LogP contribution in [0.5, 0.6) is 0 Å². The number of halogens is 3.